The Morgan fingerprint density at radius 2 is 2.00 bits per heavy atom. The second-order valence-electron chi connectivity index (χ2n) is 5.58. The van der Waals surface area contributed by atoms with E-state index in [4.69, 9.17) is 5.73 Å². The van der Waals surface area contributed by atoms with Gasteiger partial charge < -0.3 is 10.6 Å². The van der Waals surface area contributed by atoms with Crippen LogP contribution in [-0.2, 0) is 0 Å². The molecule has 2 atom stereocenters. The van der Waals surface area contributed by atoms with Crippen molar-refractivity contribution in [2.24, 2.45) is 5.73 Å². The van der Waals surface area contributed by atoms with Crippen molar-refractivity contribution < 1.29 is 0 Å². The van der Waals surface area contributed by atoms with E-state index in [0.717, 1.165) is 24.5 Å². The number of hydrogen-bond donors (Lipinski definition) is 1. The zero-order valence-corrected chi connectivity index (χ0v) is 11.9. The fraction of sp³-hybridized carbons (Fsp3) is 0.353. The van der Waals surface area contributed by atoms with Crippen LogP contribution < -0.4 is 10.6 Å². The maximum atomic E-state index is 5.86. The lowest BCUT2D eigenvalue weighted by atomic mass is 9.99. The molecule has 1 saturated heterocycles. The second-order valence-corrected chi connectivity index (χ2v) is 5.58. The van der Waals surface area contributed by atoms with Gasteiger partial charge in [0, 0.05) is 31.2 Å². The summed E-state index contributed by atoms with van der Waals surface area (Å²) < 4.78 is 0. The molecule has 20 heavy (non-hydrogen) atoms. The third-order valence-corrected chi connectivity index (χ3v) is 4.08. The molecule has 0 amide bonds. The van der Waals surface area contributed by atoms with E-state index in [1.54, 1.807) is 0 Å². The van der Waals surface area contributed by atoms with Gasteiger partial charge in [-0.15, -0.1) is 0 Å². The number of nitrogens with two attached hydrogens (primary N) is 1. The summed E-state index contributed by atoms with van der Waals surface area (Å²) in [5.74, 6) is 1.68. The van der Waals surface area contributed by atoms with Gasteiger partial charge in [0.2, 0.25) is 0 Å². The van der Waals surface area contributed by atoms with E-state index < -0.39 is 0 Å². The Balaban J connectivity index is 1.71. The Hall–Kier alpha value is -1.87. The number of rotatable bonds is 3. The minimum absolute atomic E-state index is 0.0483. The SMILES string of the molecule is C[C@@H](N)c1ccc(N2CCC(c3ccccc3)C2)nc1. The Kier molecular flexibility index (Phi) is 3.70. The molecule has 0 aliphatic carbocycles. The van der Waals surface area contributed by atoms with E-state index in [0.29, 0.717) is 5.92 Å². The Bertz CT molecular complexity index is 548. The third kappa shape index (κ3) is 2.68. The van der Waals surface area contributed by atoms with Gasteiger partial charge in [0.15, 0.2) is 0 Å². The summed E-state index contributed by atoms with van der Waals surface area (Å²) >= 11 is 0. The predicted octanol–water partition coefficient (Wildman–Crippen LogP) is 3.10. The Morgan fingerprint density at radius 1 is 1.20 bits per heavy atom. The number of pyridine rings is 1. The van der Waals surface area contributed by atoms with Gasteiger partial charge in [-0.25, -0.2) is 4.98 Å². The Morgan fingerprint density at radius 3 is 2.65 bits per heavy atom. The molecule has 1 fully saturated rings. The highest BCUT2D eigenvalue weighted by Crippen LogP contribution is 2.29. The average Bonchev–Trinajstić information content (AvgIpc) is 2.98. The Labute approximate surface area is 120 Å². The number of benzene rings is 1. The van der Waals surface area contributed by atoms with Gasteiger partial charge in [-0.05, 0) is 30.5 Å². The van der Waals surface area contributed by atoms with Crippen LogP contribution in [0.3, 0.4) is 0 Å². The molecule has 2 N–H and O–H groups in total. The maximum absolute atomic E-state index is 5.86. The lowest BCUT2D eigenvalue weighted by Crippen LogP contribution is -2.20. The van der Waals surface area contributed by atoms with Crippen LogP contribution in [0.2, 0.25) is 0 Å². The van der Waals surface area contributed by atoms with Gasteiger partial charge in [-0.1, -0.05) is 36.4 Å². The van der Waals surface area contributed by atoms with Crippen LogP contribution in [0.1, 0.15) is 36.4 Å². The molecule has 2 aromatic rings. The first-order valence-corrected chi connectivity index (χ1v) is 7.25. The van der Waals surface area contributed by atoms with Crippen molar-refractivity contribution in [3.8, 4) is 0 Å². The molecule has 1 aromatic heterocycles. The lowest BCUT2D eigenvalue weighted by Gasteiger charge is -2.18. The van der Waals surface area contributed by atoms with Gasteiger partial charge in [0.05, 0.1) is 0 Å². The predicted molar refractivity (Wildman–Crippen MR) is 82.9 cm³/mol. The molecule has 1 unspecified atom stereocenters. The molecule has 3 rings (SSSR count). The smallest absolute Gasteiger partial charge is 0.128 e. The van der Waals surface area contributed by atoms with E-state index in [2.05, 4.69) is 52.3 Å². The molecule has 1 aromatic carbocycles. The standard InChI is InChI=1S/C17H21N3/c1-13(18)15-7-8-17(19-11-15)20-10-9-16(12-20)14-5-3-2-4-6-14/h2-8,11,13,16H,9-10,12,18H2,1H3/t13-,16?/m1/s1. The van der Waals surface area contributed by atoms with E-state index in [1.165, 1.54) is 12.0 Å². The van der Waals surface area contributed by atoms with Crippen molar-refractivity contribution in [2.75, 3.05) is 18.0 Å². The topological polar surface area (TPSA) is 42.1 Å². The molecule has 0 bridgehead atoms. The highest BCUT2D eigenvalue weighted by Gasteiger charge is 2.24. The first kappa shape index (κ1) is 13.1. The molecular weight excluding hydrogens is 246 g/mol. The average molecular weight is 267 g/mol. The number of anilines is 1. The summed E-state index contributed by atoms with van der Waals surface area (Å²) in [4.78, 5) is 6.92. The minimum Gasteiger partial charge on any atom is -0.356 e. The van der Waals surface area contributed by atoms with Crippen molar-refractivity contribution in [3.63, 3.8) is 0 Å². The van der Waals surface area contributed by atoms with E-state index >= 15 is 0 Å². The minimum atomic E-state index is 0.0483. The second kappa shape index (κ2) is 5.63. The summed E-state index contributed by atoms with van der Waals surface area (Å²) in [6, 6.07) is 15.0. The zero-order valence-electron chi connectivity index (χ0n) is 11.9. The fourth-order valence-corrected chi connectivity index (χ4v) is 2.82. The highest BCUT2D eigenvalue weighted by molar-refractivity contribution is 5.42. The van der Waals surface area contributed by atoms with Gasteiger partial charge in [0.25, 0.3) is 0 Å². The molecular formula is C17H21N3. The lowest BCUT2D eigenvalue weighted by molar-refractivity contribution is 0.773. The molecule has 1 aliphatic heterocycles. The van der Waals surface area contributed by atoms with Gasteiger partial charge >= 0.3 is 0 Å². The van der Waals surface area contributed by atoms with Crippen LogP contribution in [-0.4, -0.2) is 18.1 Å². The van der Waals surface area contributed by atoms with Crippen LogP contribution in [0.25, 0.3) is 0 Å². The van der Waals surface area contributed by atoms with E-state index in [1.807, 2.05) is 13.1 Å². The van der Waals surface area contributed by atoms with Gasteiger partial charge in [0.1, 0.15) is 5.82 Å². The molecule has 1 aliphatic rings. The molecule has 3 nitrogen and oxygen atoms in total. The summed E-state index contributed by atoms with van der Waals surface area (Å²) in [6.45, 7) is 4.11. The number of aromatic nitrogens is 1. The van der Waals surface area contributed by atoms with Gasteiger partial charge in [-0.3, -0.25) is 0 Å². The molecule has 0 spiro atoms. The van der Waals surface area contributed by atoms with E-state index in [9.17, 15) is 0 Å². The van der Waals surface area contributed by atoms with E-state index in [-0.39, 0.29) is 6.04 Å². The van der Waals surface area contributed by atoms with Crippen LogP contribution >= 0.6 is 0 Å². The summed E-state index contributed by atoms with van der Waals surface area (Å²) in [5.41, 5.74) is 8.38. The van der Waals surface area contributed by atoms with Crippen molar-refractivity contribution in [1.82, 2.24) is 4.98 Å². The van der Waals surface area contributed by atoms with Crippen LogP contribution in [0.15, 0.2) is 48.7 Å². The van der Waals surface area contributed by atoms with Crippen LogP contribution in [0.4, 0.5) is 5.82 Å². The highest BCUT2D eigenvalue weighted by atomic mass is 15.2. The summed E-state index contributed by atoms with van der Waals surface area (Å²) in [7, 11) is 0. The normalized spacial score (nSPS) is 20.1. The molecule has 0 radical (unpaired) electrons. The molecule has 2 heterocycles. The van der Waals surface area contributed by atoms with Crippen LogP contribution in [0.5, 0.6) is 0 Å². The summed E-state index contributed by atoms with van der Waals surface area (Å²) in [6.07, 6.45) is 3.09. The first-order chi connectivity index (χ1) is 9.74. The van der Waals surface area contributed by atoms with Crippen molar-refractivity contribution >= 4 is 5.82 Å². The number of hydrogen-bond acceptors (Lipinski definition) is 3. The van der Waals surface area contributed by atoms with Crippen LogP contribution in [0, 0.1) is 0 Å². The molecule has 3 heteroatoms. The van der Waals surface area contributed by atoms with Crippen molar-refractivity contribution in [2.45, 2.75) is 25.3 Å². The third-order valence-electron chi connectivity index (χ3n) is 4.08. The van der Waals surface area contributed by atoms with Crippen molar-refractivity contribution in [3.05, 3.63) is 59.8 Å². The quantitative estimate of drug-likeness (QED) is 0.929. The largest absolute Gasteiger partial charge is 0.356 e. The molecule has 104 valence electrons. The zero-order chi connectivity index (χ0) is 13.9. The van der Waals surface area contributed by atoms with Crippen molar-refractivity contribution in [1.29, 1.82) is 0 Å². The summed E-state index contributed by atoms with van der Waals surface area (Å²) in [5, 5.41) is 0. The monoisotopic (exact) mass is 267 g/mol. The molecule has 0 saturated carbocycles. The van der Waals surface area contributed by atoms with Gasteiger partial charge in [-0.2, -0.15) is 0 Å². The maximum Gasteiger partial charge on any atom is 0.128 e. The first-order valence-electron chi connectivity index (χ1n) is 7.25. The number of nitrogens with zero attached hydrogens (tertiary/aromatic N) is 2. The fourth-order valence-electron chi connectivity index (χ4n) is 2.82.